The van der Waals surface area contributed by atoms with Crippen molar-refractivity contribution in [1.29, 1.82) is 0 Å². The van der Waals surface area contributed by atoms with E-state index >= 15 is 0 Å². The molecule has 2 amide bonds. The molecule has 1 aliphatic heterocycles. The van der Waals surface area contributed by atoms with Crippen molar-refractivity contribution in [3.05, 3.63) is 15.6 Å². The smallest absolute Gasteiger partial charge is 0.282 e. The third kappa shape index (κ3) is 2.53. The molecule has 2 heterocycles. The van der Waals surface area contributed by atoms with Crippen molar-refractivity contribution in [2.45, 2.75) is 20.8 Å². The lowest BCUT2D eigenvalue weighted by Crippen LogP contribution is -2.50. The first-order chi connectivity index (χ1) is 8.49. The van der Waals surface area contributed by atoms with Crippen molar-refractivity contribution in [2.75, 3.05) is 26.2 Å². The molecule has 0 radical (unpaired) electrons. The predicted octanol–water partition coefficient (Wildman–Crippen LogP) is 1.06. The van der Waals surface area contributed by atoms with Gasteiger partial charge in [0.15, 0.2) is 5.01 Å². The Morgan fingerprint density at radius 2 is 1.67 bits per heavy atom. The third-order valence-electron chi connectivity index (χ3n) is 3.22. The van der Waals surface area contributed by atoms with Gasteiger partial charge in [-0.15, -0.1) is 11.3 Å². The minimum Gasteiger partial charge on any atom is -0.339 e. The van der Waals surface area contributed by atoms with Crippen LogP contribution in [-0.4, -0.2) is 52.8 Å². The Hall–Kier alpha value is -1.43. The maximum absolute atomic E-state index is 12.2. The zero-order valence-corrected chi connectivity index (χ0v) is 11.7. The average molecular weight is 267 g/mol. The molecular formula is C12H17N3O2S. The van der Waals surface area contributed by atoms with Crippen molar-refractivity contribution in [1.82, 2.24) is 14.8 Å². The molecule has 18 heavy (non-hydrogen) atoms. The molecule has 0 aliphatic carbocycles. The molecule has 0 aromatic carbocycles. The molecular weight excluding hydrogens is 250 g/mol. The van der Waals surface area contributed by atoms with Gasteiger partial charge in [-0.1, -0.05) is 0 Å². The molecule has 2 rings (SSSR count). The highest BCUT2D eigenvalue weighted by molar-refractivity contribution is 7.13. The van der Waals surface area contributed by atoms with Crippen LogP contribution in [0.15, 0.2) is 0 Å². The van der Waals surface area contributed by atoms with E-state index in [9.17, 15) is 9.59 Å². The van der Waals surface area contributed by atoms with Crippen LogP contribution in [0.25, 0.3) is 0 Å². The van der Waals surface area contributed by atoms with E-state index in [-0.39, 0.29) is 11.8 Å². The fraction of sp³-hybridized carbons (Fsp3) is 0.583. The summed E-state index contributed by atoms with van der Waals surface area (Å²) in [4.78, 5) is 32.3. The fourth-order valence-corrected chi connectivity index (χ4v) is 2.81. The van der Waals surface area contributed by atoms with Crippen LogP contribution in [0.2, 0.25) is 0 Å². The van der Waals surface area contributed by atoms with Gasteiger partial charge in [-0.25, -0.2) is 4.98 Å². The zero-order valence-electron chi connectivity index (χ0n) is 10.9. The lowest BCUT2D eigenvalue weighted by Gasteiger charge is -2.33. The summed E-state index contributed by atoms with van der Waals surface area (Å²) in [5.74, 6) is 0.0578. The first-order valence-electron chi connectivity index (χ1n) is 5.98. The number of thiazole rings is 1. The van der Waals surface area contributed by atoms with Gasteiger partial charge in [-0.05, 0) is 13.8 Å². The Morgan fingerprint density at radius 1 is 1.11 bits per heavy atom. The fourth-order valence-electron chi connectivity index (χ4n) is 1.92. The number of carbonyl (C=O) groups is 2. The van der Waals surface area contributed by atoms with E-state index in [4.69, 9.17) is 0 Å². The van der Waals surface area contributed by atoms with Gasteiger partial charge >= 0.3 is 0 Å². The molecule has 1 aromatic rings. The van der Waals surface area contributed by atoms with Crippen LogP contribution in [0.4, 0.5) is 0 Å². The lowest BCUT2D eigenvalue weighted by molar-refractivity contribution is -0.130. The summed E-state index contributed by atoms with van der Waals surface area (Å²) in [6.07, 6.45) is 0. The number of hydrogen-bond donors (Lipinski definition) is 0. The summed E-state index contributed by atoms with van der Waals surface area (Å²) in [5.41, 5.74) is 0.922. The minimum absolute atomic E-state index is 0.0144. The van der Waals surface area contributed by atoms with Gasteiger partial charge in [0.25, 0.3) is 5.91 Å². The van der Waals surface area contributed by atoms with Crippen molar-refractivity contribution in [2.24, 2.45) is 0 Å². The molecule has 98 valence electrons. The van der Waals surface area contributed by atoms with Crippen LogP contribution in [0, 0.1) is 13.8 Å². The Balaban J connectivity index is 2.01. The summed E-state index contributed by atoms with van der Waals surface area (Å²) in [7, 11) is 0. The van der Waals surface area contributed by atoms with E-state index in [1.54, 1.807) is 16.7 Å². The standard InChI is InChI=1S/C12H17N3O2S/c1-8-9(2)18-11(13-8)12(17)15-6-4-14(5-7-15)10(3)16/h4-7H2,1-3H3. The molecule has 1 aliphatic rings. The molecule has 0 saturated carbocycles. The van der Waals surface area contributed by atoms with Crippen LogP contribution >= 0.6 is 11.3 Å². The predicted molar refractivity (Wildman–Crippen MR) is 69.7 cm³/mol. The molecule has 1 saturated heterocycles. The van der Waals surface area contributed by atoms with Gasteiger partial charge in [-0.3, -0.25) is 9.59 Å². The van der Waals surface area contributed by atoms with Crippen LogP contribution in [0.1, 0.15) is 27.3 Å². The second kappa shape index (κ2) is 5.06. The molecule has 0 atom stereocenters. The monoisotopic (exact) mass is 267 g/mol. The number of aromatic nitrogens is 1. The maximum Gasteiger partial charge on any atom is 0.282 e. The molecule has 0 unspecified atom stereocenters. The summed E-state index contributed by atoms with van der Waals surface area (Å²) in [6.45, 7) is 7.86. The normalized spacial score (nSPS) is 15.9. The van der Waals surface area contributed by atoms with Gasteiger partial charge < -0.3 is 9.80 Å². The number of nitrogens with zero attached hydrogens (tertiary/aromatic N) is 3. The molecule has 6 heteroatoms. The van der Waals surface area contributed by atoms with E-state index in [0.29, 0.717) is 31.2 Å². The van der Waals surface area contributed by atoms with Crippen molar-refractivity contribution in [3.63, 3.8) is 0 Å². The van der Waals surface area contributed by atoms with Crippen molar-refractivity contribution >= 4 is 23.2 Å². The average Bonchev–Trinajstić information content (AvgIpc) is 2.69. The van der Waals surface area contributed by atoms with Gasteiger partial charge in [-0.2, -0.15) is 0 Å². The van der Waals surface area contributed by atoms with E-state index in [2.05, 4.69) is 4.98 Å². The Kier molecular flexibility index (Phi) is 3.65. The molecule has 0 spiro atoms. The highest BCUT2D eigenvalue weighted by Gasteiger charge is 2.25. The highest BCUT2D eigenvalue weighted by Crippen LogP contribution is 2.18. The van der Waals surface area contributed by atoms with Crippen LogP contribution in [0.3, 0.4) is 0 Å². The maximum atomic E-state index is 12.2. The quantitative estimate of drug-likeness (QED) is 0.764. The molecule has 0 N–H and O–H groups in total. The second-order valence-corrected chi connectivity index (χ2v) is 5.66. The number of hydrogen-bond acceptors (Lipinski definition) is 4. The number of amides is 2. The third-order valence-corrected chi connectivity index (χ3v) is 4.28. The van der Waals surface area contributed by atoms with Crippen LogP contribution in [-0.2, 0) is 4.79 Å². The summed E-state index contributed by atoms with van der Waals surface area (Å²) < 4.78 is 0. The Bertz CT molecular complexity index is 456. The SMILES string of the molecule is CC(=O)N1CCN(C(=O)c2nc(C)c(C)s2)CC1. The minimum atomic E-state index is -0.0144. The number of piperazine rings is 1. The highest BCUT2D eigenvalue weighted by atomic mass is 32.1. The van der Waals surface area contributed by atoms with Crippen molar-refractivity contribution in [3.8, 4) is 0 Å². The van der Waals surface area contributed by atoms with Gasteiger partial charge in [0.2, 0.25) is 5.91 Å². The Labute approximate surface area is 110 Å². The van der Waals surface area contributed by atoms with Gasteiger partial charge in [0.1, 0.15) is 0 Å². The first kappa shape index (κ1) is 13.0. The summed E-state index contributed by atoms with van der Waals surface area (Å²) in [5, 5.41) is 0.557. The summed E-state index contributed by atoms with van der Waals surface area (Å²) >= 11 is 1.44. The van der Waals surface area contributed by atoms with E-state index in [0.717, 1.165) is 10.6 Å². The molecule has 1 fully saturated rings. The lowest BCUT2D eigenvalue weighted by atomic mass is 10.3. The van der Waals surface area contributed by atoms with E-state index in [1.807, 2.05) is 13.8 Å². The Morgan fingerprint density at radius 3 is 2.11 bits per heavy atom. The van der Waals surface area contributed by atoms with Gasteiger partial charge in [0.05, 0.1) is 5.69 Å². The topological polar surface area (TPSA) is 53.5 Å². The van der Waals surface area contributed by atoms with Crippen LogP contribution in [0.5, 0.6) is 0 Å². The van der Waals surface area contributed by atoms with E-state index < -0.39 is 0 Å². The zero-order chi connectivity index (χ0) is 13.3. The van der Waals surface area contributed by atoms with E-state index in [1.165, 1.54) is 11.3 Å². The number of aryl methyl sites for hydroxylation is 2. The second-order valence-electron chi connectivity index (χ2n) is 4.46. The van der Waals surface area contributed by atoms with Crippen LogP contribution < -0.4 is 0 Å². The molecule has 0 bridgehead atoms. The number of rotatable bonds is 1. The largest absolute Gasteiger partial charge is 0.339 e. The number of carbonyl (C=O) groups excluding carboxylic acids is 2. The molecule has 1 aromatic heterocycles. The summed E-state index contributed by atoms with van der Waals surface area (Å²) in [6, 6.07) is 0. The van der Waals surface area contributed by atoms with Crippen molar-refractivity contribution < 1.29 is 9.59 Å². The molecule has 5 nitrogen and oxygen atoms in total. The first-order valence-corrected chi connectivity index (χ1v) is 6.79. The van der Waals surface area contributed by atoms with Gasteiger partial charge in [0, 0.05) is 38.0 Å².